The number of nitrogens with zero attached hydrogens (tertiary/aromatic N) is 3. The van der Waals surface area contributed by atoms with Crippen LogP contribution in [0.3, 0.4) is 0 Å². The molecule has 3 rings (SSSR count). The lowest BCUT2D eigenvalue weighted by atomic mass is 10.0. The van der Waals surface area contributed by atoms with Crippen molar-refractivity contribution in [3.8, 4) is 0 Å². The second-order valence-corrected chi connectivity index (χ2v) is 12.0. The number of amides is 2. The zero-order chi connectivity index (χ0) is 30.2. The van der Waals surface area contributed by atoms with Gasteiger partial charge in [0, 0.05) is 47.3 Å². The maximum atomic E-state index is 14.0. The van der Waals surface area contributed by atoms with Crippen LogP contribution in [0.5, 0.6) is 0 Å². The Balaban J connectivity index is 2.10. The Morgan fingerprint density at radius 2 is 1.63 bits per heavy atom. The van der Waals surface area contributed by atoms with Gasteiger partial charge in [-0.25, -0.2) is 8.42 Å². The number of rotatable bonds is 13. The average Bonchev–Trinajstić information content (AvgIpc) is 2.93. The molecule has 0 fully saturated rings. The van der Waals surface area contributed by atoms with Crippen molar-refractivity contribution < 1.29 is 22.9 Å². The number of sulfonamides is 1. The minimum absolute atomic E-state index is 0.0687. The summed E-state index contributed by atoms with van der Waals surface area (Å²) >= 11 is 12.9. The van der Waals surface area contributed by atoms with Crippen LogP contribution in [0, 0.1) is 10.1 Å². The number of nitro groups is 1. The molecule has 3 aromatic rings. The number of nitro benzene ring substituents is 1. The molecule has 0 aliphatic rings. The van der Waals surface area contributed by atoms with Gasteiger partial charge in [-0.15, -0.1) is 0 Å². The first-order chi connectivity index (χ1) is 19.4. The summed E-state index contributed by atoms with van der Waals surface area (Å²) in [5, 5.41) is 14.7. The Kier molecular flexibility index (Phi) is 11.1. The molecule has 13 heteroatoms. The van der Waals surface area contributed by atoms with Gasteiger partial charge in [0.1, 0.15) is 12.6 Å². The number of hydrogen-bond donors (Lipinski definition) is 1. The molecule has 218 valence electrons. The third kappa shape index (κ3) is 8.66. The van der Waals surface area contributed by atoms with E-state index in [-0.39, 0.29) is 34.4 Å². The standard InChI is InChI=1S/C28H30Cl2N4O6S/c1-3-15-31-28(36)26(16-20-9-5-4-6-10-20)32(18-23-24(29)13-8-14-25(23)30)27(35)19-33(41(2,39)40)21-11-7-12-22(17-21)34(37)38/h4-14,17,26H,3,15-16,18-19H2,1-2H3,(H,31,36)/t26-/m0/s1. The summed E-state index contributed by atoms with van der Waals surface area (Å²) in [7, 11) is -4.09. The second-order valence-electron chi connectivity index (χ2n) is 9.26. The molecule has 1 N–H and O–H groups in total. The topological polar surface area (TPSA) is 130 Å². The molecule has 0 aromatic heterocycles. The molecule has 3 aromatic carbocycles. The van der Waals surface area contributed by atoms with Crippen LogP contribution in [0.1, 0.15) is 24.5 Å². The van der Waals surface area contributed by atoms with E-state index in [1.807, 2.05) is 25.1 Å². The lowest BCUT2D eigenvalue weighted by Gasteiger charge is -2.33. The number of benzene rings is 3. The number of nitrogens with one attached hydrogen (secondary N) is 1. The van der Waals surface area contributed by atoms with Crippen LogP contribution < -0.4 is 9.62 Å². The van der Waals surface area contributed by atoms with Crippen LogP contribution in [-0.2, 0) is 32.6 Å². The third-order valence-electron chi connectivity index (χ3n) is 6.22. The zero-order valence-electron chi connectivity index (χ0n) is 22.5. The highest BCUT2D eigenvalue weighted by atomic mass is 35.5. The Hall–Kier alpha value is -3.67. The molecular formula is C28H30Cl2N4O6S. The summed E-state index contributed by atoms with van der Waals surface area (Å²) in [4.78, 5) is 39.5. The average molecular weight is 622 g/mol. The first-order valence-corrected chi connectivity index (χ1v) is 15.3. The van der Waals surface area contributed by atoms with Gasteiger partial charge in [0.15, 0.2) is 0 Å². The first-order valence-electron chi connectivity index (χ1n) is 12.7. The zero-order valence-corrected chi connectivity index (χ0v) is 24.8. The lowest BCUT2D eigenvalue weighted by molar-refractivity contribution is -0.384. The van der Waals surface area contributed by atoms with Gasteiger partial charge >= 0.3 is 0 Å². The monoisotopic (exact) mass is 620 g/mol. The van der Waals surface area contributed by atoms with E-state index in [1.54, 1.807) is 30.3 Å². The summed E-state index contributed by atoms with van der Waals surface area (Å²) < 4.78 is 26.4. The minimum Gasteiger partial charge on any atom is -0.354 e. The van der Waals surface area contributed by atoms with Crippen LogP contribution >= 0.6 is 23.2 Å². The quantitative estimate of drug-likeness (QED) is 0.215. The van der Waals surface area contributed by atoms with Crippen molar-refractivity contribution in [2.24, 2.45) is 0 Å². The summed E-state index contributed by atoms with van der Waals surface area (Å²) in [5.74, 6) is -1.17. The smallest absolute Gasteiger partial charge is 0.271 e. The maximum Gasteiger partial charge on any atom is 0.271 e. The highest BCUT2D eigenvalue weighted by molar-refractivity contribution is 7.92. The molecule has 41 heavy (non-hydrogen) atoms. The van der Waals surface area contributed by atoms with Crippen LogP contribution in [-0.4, -0.2) is 55.4 Å². The van der Waals surface area contributed by atoms with Gasteiger partial charge in [-0.05, 0) is 30.2 Å². The number of anilines is 1. The summed E-state index contributed by atoms with van der Waals surface area (Å²) in [6.45, 7) is 1.33. The molecule has 0 aliphatic heterocycles. The van der Waals surface area contributed by atoms with Gasteiger partial charge in [-0.1, -0.05) is 72.6 Å². The predicted molar refractivity (Wildman–Crippen MR) is 160 cm³/mol. The summed E-state index contributed by atoms with van der Waals surface area (Å²) in [6, 6.07) is 17.8. The Labute approximate surface area is 249 Å². The van der Waals surface area contributed by atoms with E-state index in [0.717, 1.165) is 22.2 Å². The largest absolute Gasteiger partial charge is 0.354 e. The fourth-order valence-corrected chi connectivity index (χ4v) is 5.51. The number of halogens is 2. The Morgan fingerprint density at radius 3 is 2.22 bits per heavy atom. The Bertz CT molecular complexity index is 1480. The molecule has 0 saturated carbocycles. The summed E-state index contributed by atoms with van der Waals surface area (Å²) in [6.07, 6.45) is 1.67. The van der Waals surface area contributed by atoms with E-state index in [9.17, 15) is 28.1 Å². The van der Waals surface area contributed by atoms with Gasteiger partial charge in [0.25, 0.3) is 5.69 Å². The van der Waals surface area contributed by atoms with Gasteiger partial charge in [0.2, 0.25) is 21.8 Å². The van der Waals surface area contributed by atoms with Crippen LogP contribution in [0.2, 0.25) is 10.0 Å². The van der Waals surface area contributed by atoms with Gasteiger partial charge in [0.05, 0.1) is 16.9 Å². The van der Waals surface area contributed by atoms with E-state index in [2.05, 4.69) is 5.32 Å². The van der Waals surface area contributed by atoms with E-state index < -0.39 is 39.3 Å². The molecule has 0 spiro atoms. The van der Waals surface area contributed by atoms with Gasteiger partial charge in [-0.3, -0.25) is 24.0 Å². The van der Waals surface area contributed by atoms with E-state index in [0.29, 0.717) is 18.5 Å². The molecule has 0 saturated heterocycles. The van der Waals surface area contributed by atoms with E-state index >= 15 is 0 Å². The molecule has 0 unspecified atom stereocenters. The van der Waals surface area contributed by atoms with Crippen molar-refractivity contribution in [1.29, 1.82) is 0 Å². The molecular weight excluding hydrogens is 591 g/mol. The number of carbonyl (C=O) groups is 2. The second kappa shape index (κ2) is 14.3. The molecule has 1 atom stereocenters. The normalized spacial score (nSPS) is 11.9. The minimum atomic E-state index is -4.09. The van der Waals surface area contributed by atoms with Crippen molar-refractivity contribution in [2.75, 3.05) is 23.7 Å². The maximum absolute atomic E-state index is 14.0. The predicted octanol–water partition coefficient (Wildman–Crippen LogP) is 4.83. The van der Waals surface area contributed by atoms with Crippen molar-refractivity contribution in [3.05, 3.63) is 104 Å². The number of non-ortho nitro benzene ring substituents is 1. The van der Waals surface area contributed by atoms with E-state index in [1.165, 1.54) is 23.1 Å². The van der Waals surface area contributed by atoms with Gasteiger partial charge in [-0.2, -0.15) is 0 Å². The summed E-state index contributed by atoms with van der Waals surface area (Å²) in [5.41, 5.74) is 0.739. The van der Waals surface area contributed by atoms with Crippen molar-refractivity contribution in [3.63, 3.8) is 0 Å². The van der Waals surface area contributed by atoms with Crippen LogP contribution in [0.25, 0.3) is 0 Å². The SMILES string of the molecule is CCCNC(=O)[C@H](Cc1ccccc1)N(Cc1c(Cl)cccc1Cl)C(=O)CN(c1cccc([N+](=O)[O-])c1)S(C)(=O)=O. The third-order valence-corrected chi connectivity index (χ3v) is 8.07. The molecule has 0 bridgehead atoms. The lowest BCUT2D eigenvalue weighted by Crippen LogP contribution is -2.53. The molecule has 0 heterocycles. The fraction of sp³-hybridized carbons (Fsp3) is 0.286. The fourth-order valence-electron chi connectivity index (χ4n) is 4.15. The van der Waals surface area contributed by atoms with Crippen molar-refractivity contribution in [1.82, 2.24) is 10.2 Å². The Morgan fingerprint density at radius 1 is 1.00 bits per heavy atom. The highest BCUT2D eigenvalue weighted by Crippen LogP contribution is 2.28. The highest BCUT2D eigenvalue weighted by Gasteiger charge is 2.34. The van der Waals surface area contributed by atoms with E-state index in [4.69, 9.17) is 23.2 Å². The van der Waals surface area contributed by atoms with Crippen LogP contribution in [0.15, 0.2) is 72.8 Å². The molecule has 0 aliphatic carbocycles. The molecule has 2 amide bonds. The number of carbonyl (C=O) groups excluding carboxylic acids is 2. The number of hydrogen-bond acceptors (Lipinski definition) is 6. The first kappa shape index (κ1) is 31.9. The molecule has 0 radical (unpaired) electrons. The molecule has 10 nitrogen and oxygen atoms in total. The van der Waals surface area contributed by atoms with Crippen molar-refractivity contribution in [2.45, 2.75) is 32.4 Å². The van der Waals surface area contributed by atoms with Crippen molar-refractivity contribution >= 4 is 56.4 Å². The van der Waals surface area contributed by atoms with Gasteiger partial charge < -0.3 is 10.2 Å². The van der Waals surface area contributed by atoms with Crippen LogP contribution in [0.4, 0.5) is 11.4 Å².